The summed E-state index contributed by atoms with van der Waals surface area (Å²) in [5, 5.41) is 15.3. The molecule has 0 bridgehead atoms. The Balaban J connectivity index is 1.80. The van der Waals surface area contributed by atoms with Gasteiger partial charge >= 0.3 is 0 Å². The van der Waals surface area contributed by atoms with Crippen molar-refractivity contribution >= 4 is 0 Å². The Bertz CT molecular complexity index is 745. The van der Waals surface area contributed by atoms with Gasteiger partial charge in [0.25, 0.3) is 5.89 Å². The van der Waals surface area contributed by atoms with Gasteiger partial charge in [0.15, 0.2) is 11.5 Å². The third-order valence-electron chi connectivity index (χ3n) is 3.46. The molecule has 0 aliphatic rings. The van der Waals surface area contributed by atoms with E-state index in [1.54, 1.807) is 10.9 Å². The summed E-state index contributed by atoms with van der Waals surface area (Å²) in [6.07, 6.45) is 2.48. The number of hydrogen-bond acceptors (Lipinski definition) is 6. The zero-order chi connectivity index (χ0) is 15.5. The highest BCUT2D eigenvalue weighted by atomic mass is 16.5. The maximum absolute atomic E-state index is 5.26. The first-order chi connectivity index (χ1) is 10.7. The molecule has 2 heterocycles. The van der Waals surface area contributed by atoms with Crippen molar-refractivity contribution < 1.29 is 4.52 Å². The Kier molecular flexibility index (Phi) is 3.97. The first-order valence-electron chi connectivity index (χ1n) is 7.15. The zero-order valence-electron chi connectivity index (χ0n) is 12.8. The molecular weight excluding hydrogens is 280 g/mol. The lowest BCUT2D eigenvalue weighted by Gasteiger charge is -2.04. The molecule has 0 saturated carbocycles. The molecule has 0 spiro atoms. The number of nitrogens with one attached hydrogen (secondary N) is 1. The summed E-state index contributed by atoms with van der Waals surface area (Å²) in [5.74, 6) is 1.04. The number of aryl methyl sites for hydroxylation is 1. The van der Waals surface area contributed by atoms with Gasteiger partial charge in [0, 0.05) is 12.5 Å². The fourth-order valence-electron chi connectivity index (χ4n) is 2.00. The second-order valence-corrected chi connectivity index (χ2v) is 5.29. The Hall–Kier alpha value is -2.54. The van der Waals surface area contributed by atoms with E-state index < -0.39 is 0 Å². The number of benzene rings is 1. The normalized spacial score (nSPS) is 12.5. The molecule has 1 unspecified atom stereocenters. The van der Waals surface area contributed by atoms with Crippen LogP contribution in [0.4, 0.5) is 0 Å². The van der Waals surface area contributed by atoms with Crippen LogP contribution in [0.1, 0.15) is 18.3 Å². The maximum Gasteiger partial charge on any atom is 0.280 e. The summed E-state index contributed by atoms with van der Waals surface area (Å²) in [6, 6.07) is 8.32. The molecule has 1 N–H and O–H groups in total. The topological polar surface area (TPSA) is 81.7 Å². The van der Waals surface area contributed by atoms with Crippen molar-refractivity contribution in [3.05, 3.63) is 41.9 Å². The summed E-state index contributed by atoms with van der Waals surface area (Å²) in [6.45, 7) is 4.10. The Morgan fingerprint density at radius 2 is 2.05 bits per heavy atom. The minimum absolute atomic E-state index is 0.286. The van der Waals surface area contributed by atoms with E-state index >= 15 is 0 Å². The molecule has 1 atom stereocenters. The molecule has 0 aliphatic heterocycles. The smallest absolute Gasteiger partial charge is 0.280 e. The standard InChI is InChI=1S/C15H18N6O/c1-10-4-6-12(7-5-10)21-9-13(18-20-21)15-17-14(19-22-15)8-11(2)16-3/h4-7,9,11,16H,8H2,1-3H3. The van der Waals surface area contributed by atoms with Gasteiger partial charge in [-0.15, -0.1) is 5.10 Å². The van der Waals surface area contributed by atoms with Gasteiger partial charge in [-0.05, 0) is 33.0 Å². The van der Waals surface area contributed by atoms with Crippen molar-refractivity contribution in [2.75, 3.05) is 7.05 Å². The van der Waals surface area contributed by atoms with Crippen LogP contribution in [-0.2, 0) is 6.42 Å². The molecule has 22 heavy (non-hydrogen) atoms. The van der Waals surface area contributed by atoms with Crippen molar-refractivity contribution in [3.63, 3.8) is 0 Å². The van der Waals surface area contributed by atoms with Crippen LogP contribution in [0.15, 0.2) is 35.0 Å². The highest BCUT2D eigenvalue weighted by Crippen LogP contribution is 2.16. The van der Waals surface area contributed by atoms with Crippen LogP contribution in [0, 0.1) is 6.92 Å². The quantitative estimate of drug-likeness (QED) is 0.773. The number of aromatic nitrogens is 5. The molecular formula is C15H18N6O. The van der Waals surface area contributed by atoms with Gasteiger partial charge in [-0.2, -0.15) is 4.98 Å². The van der Waals surface area contributed by atoms with E-state index in [2.05, 4.69) is 32.7 Å². The van der Waals surface area contributed by atoms with Crippen LogP contribution in [0.2, 0.25) is 0 Å². The van der Waals surface area contributed by atoms with E-state index in [1.807, 2.05) is 38.2 Å². The van der Waals surface area contributed by atoms with Crippen molar-refractivity contribution in [3.8, 4) is 17.3 Å². The molecule has 0 fully saturated rings. The highest BCUT2D eigenvalue weighted by molar-refractivity contribution is 5.45. The number of likely N-dealkylation sites (N-methyl/N-ethyl adjacent to an activating group) is 1. The lowest BCUT2D eigenvalue weighted by molar-refractivity contribution is 0.417. The predicted octanol–water partition coefficient (Wildman–Crippen LogP) is 1.78. The second kappa shape index (κ2) is 6.07. The van der Waals surface area contributed by atoms with E-state index in [9.17, 15) is 0 Å². The SMILES string of the molecule is CNC(C)Cc1noc(-c2cn(-c3ccc(C)cc3)nn2)n1. The summed E-state index contributed by atoms with van der Waals surface area (Å²) in [5.41, 5.74) is 2.70. The van der Waals surface area contributed by atoms with E-state index in [1.165, 1.54) is 5.56 Å². The predicted molar refractivity (Wildman–Crippen MR) is 81.6 cm³/mol. The molecule has 1 aromatic carbocycles. The first-order valence-corrected chi connectivity index (χ1v) is 7.15. The van der Waals surface area contributed by atoms with Gasteiger partial charge in [-0.25, -0.2) is 4.68 Å². The lowest BCUT2D eigenvalue weighted by Crippen LogP contribution is -2.24. The third-order valence-corrected chi connectivity index (χ3v) is 3.46. The Morgan fingerprint density at radius 3 is 2.77 bits per heavy atom. The first kappa shape index (κ1) is 14.4. The number of nitrogens with zero attached hydrogens (tertiary/aromatic N) is 5. The average molecular weight is 298 g/mol. The molecule has 0 radical (unpaired) electrons. The van der Waals surface area contributed by atoms with Crippen LogP contribution in [0.25, 0.3) is 17.3 Å². The van der Waals surface area contributed by atoms with Crippen LogP contribution < -0.4 is 5.32 Å². The molecule has 7 heteroatoms. The van der Waals surface area contributed by atoms with Gasteiger partial charge in [-0.1, -0.05) is 28.1 Å². The average Bonchev–Trinajstić information content (AvgIpc) is 3.17. The molecule has 7 nitrogen and oxygen atoms in total. The molecule has 0 amide bonds. The monoisotopic (exact) mass is 298 g/mol. The number of rotatable bonds is 5. The van der Waals surface area contributed by atoms with Crippen LogP contribution in [-0.4, -0.2) is 38.2 Å². The summed E-state index contributed by atoms with van der Waals surface area (Å²) < 4.78 is 6.95. The van der Waals surface area contributed by atoms with Gasteiger partial charge in [0.2, 0.25) is 0 Å². The van der Waals surface area contributed by atoms with E-state index in [0.29, 0.717) is 23.8 Å². The maximum atomic E-state index is 5.26. The lowest BCUT2D eigenvalue weighted by atomic mass is 10.2. The van der Waals surface area contributed by atoms with Crippen LogP contribution in [0.3, 0.4) is 0 Å². The van der Waals surface area contributed by atoms with Gasteiger partial charge in [0.05, 0.1) is 11.9 Å². The molecule has 0 saturated heterocycles. The molecule has 114 valence electrons. The Morgan fingerprint density at radius 1 is 1.27 bits per heavy atom. The largest absolute Gasteiger partial charge is 0.332 e. The van der Waals surface area contributed by atoms with E-state index in [0.717, 1.165) is 5.69 Å². The van der Waals surface area contributed by atoms with Crippen molar-refractivity contribution in [2.45, 2.75) is 26.3 Å². The molecule has 3 rings (SSSR count). The summed E-state index contributed by atoms with van der Waals surface area (Å²) in [4.78, 5) is 4.36. The van der Waals surface area contributed by atoms with E-state index in [4.69, 9.17) is 4.52 Å². The van der Waals surface area contributed by atoms with E-state index in [-0.39, 0.29) is 6.04 Å². The van der Waals surface area contributed by atoms with Crippen molar-refractivity contribution in [1.82, 2.24) is 30.5 Å². The highest BCUT2D eigenvalue weighted by Gasteiger charge is 2.14. The molecule has 2 aromatic heterocycles. The minimum atomic E-state index is 0.286. The summed E-state index contributed by atoms with van der Waals surface area (Å²) >= 11 is 0. The zero-order valence-corrected chi connectivity index (χ0v) is 12.8. The van der Waals surface area contributed by atoms with Gasteiger partial charge < -0.3 is 9.84 Å². The van der Waals surface area contributed by atoms with Gasteiger partial charge in [0.1, 0.15) is 0 Å². The number of hydrogen-bond donors (Lipinski definition) is 1. The molecule has 3 aromatic rings. The fourth-order valence-corrected chi connectivity index (χ4v) is 2.00. The second-order valence-electron chi connectivity index (χ2n) is 5.29. The van der Waals surface area contributed by atoms with Crippen molar-refractivity contribution in [1.29, 1.82) is 0 Å². The van der Waals surface area contributed by atoms with Crippen LogP contribution in [0.5, 0.6) is 0 Å². The van der Waals surface area contributed by atoms with Crippen LogP contribution >= 0.6 is 0 Å². The fraction of sp³-hybridized carbons (Fsp3) is 0.333. The van der Waals surface area contributed by atoms with Crippen molar-refractivity contribution in [2.24, 2.45) is 0 Å². The van der Waals surface area contributed by atoms with Gasteiger partial charge in [-0.3, -0.25) is 0 Å². The third kappa shape index (κ3) is 3.04. The molecule has 0 aliphatic carbocycles. The Labute approximate surface area is 128 Å². The summed E-state index contributed by atoms with van der Waals surface area (Å²) in [7, 11) is 1.90. The minimum Gasteiger partial charge on any atom is -0.332 e.